The van der Waals surface area contributed by atoms with E-state index in [9.17, 15) is 13.2 Å². The number of rotatable bonds is 3. The zero-order chi connectivity index (χ0) is 11.4. The van der Waals surface area contributed by atoms with Crippen LogP contribution in [0, 0.1) is 17.1 Å². The lowest BCUT2D eigenvalue weighted by Crippen LogP contribution is -2.04. The fourth-order valence-electron chi connectivity index (χ4n) is 1.10. The molecule has 0 aliphatic carbocycles. The minimum absolute atomic E-state index is 0.259. The summed E-state index contributed by atoms with van der Waals surface area (Å²) in [6.07, 6.45) is -2.40. The van der Waals surface area contributed by atoms with Crippen molar-refractivity contribution in [1.82, 2.24) is 4.98 Å². The number of hydrogen-bond acceptors (Lipinski definition) is 3. The maximum Gasteiger partial charge on any atom is 0.268 e. The molecule has 0 spiro atoms. The van der Waals surface area contributed by atoms with Crippen LogP contribution in [0.25, 0.3) is 0 Å². The van der Waals surface area contributed by atoms with Gasteiger partial charge in [-0.05, 0) is 0 Å². The summed E-state index contributed by atoms with van der Waals surface area (Å²) in [5.41, 5.74) is -1.12. The zero-order valence-corrected chi connectivity index (χ0v) is 7.80. The number of aromatic nitrogens is 1. The maximum atomic E-state index is 13.4. The summed E-state index contributed by atoms with van der Waals surface area (Å²) in [6, 6.07) is 1.64. The molecule has 0 radical (unpaired) electrons. The van der Waals surface area contributed by atoms with Crippen LogP contribution in [0.4, 0.5) is 13.2 Å². The van der Waals surface area contributed by atoms with Crippen LogP contribution < -0.4 is 4.74 Å². The van der Waals surface area contributed by atoms with E-state index in [-0.39, 0.29) is 17.9 Å². The minimum atomic E-state index is -3.02. The van der Waals surface area contributed by atoms with Gasteiger partial charge < -0.3 is 4.74 Å². The molecule has 0 bridgehead atoms. The highest BCUT2D eigenvalue weighted by Gasteiger charge is 2.22. The van der Waals surface area contributed by atoms with E-state index in [1.54, 1.807) is 6.07 Å². The third-order valence-electron chi connectivity index (χ3n) is 1.79. The number of nitriles is 1. The standard InChI is InChI=1S/C9H7F3N2O/c1-15-6-4-14-5(2-3-13)7(8(6)10)9(11)12/h4,9H,2H2,1H3. The summed E-state index contributed by atoms with van der Waals surface area (Å²) in [5, 5.41) is 8.35. The summed E-state index contributed by atoms with van der Waals surface area (Å²) in [7, 11) is 1.15. The highest BCUT2D eigenvalue weighted by atomic mass is 19.3. The summed E-state index contributed by atoms with van der Waals surface area (Å²) in [6.45, 7) is 0. The molecule has 0 saturated heterocycles. The molecule has 6 heteroatoms. The molecule has 0 N–H and O–H groups in total. The molecule has 1 aromatic heterocycles. The average Bonchev–Trinajstić information content (AvgIpc) is 2.18. The number of halogens is 3. The Morgan fingerprint density at radius 2 is 2.27 bits per heavy atom. The molecule has 0 unspecified atom stereocenters. The van der Waals surface area contributed by atoms with Gasteiger partial charge in [0.05, 0.1) is 37.1 Å². The van der Waals surface area contributed by atoms with E-state index in [1.165, 1.54) is 0 Å². The Morgan fingerprint density at radius 3 is 2.73 bits per heavy atom. The Hall–Kier alpha value is -1.77. The van der Waals surface area contributed by atoms with Crippen molar-refractivity contribution in [2.75, 3.05) is 7.11 Å². The second-order valence-electron chi connectivity index (χ2n) is 2.64. The van der Waals surface area contributed by atoms with Crippen LogP contribution >= 0.6 is 0 Å². The molecule has 15 heavy (non-hydrogen) atoms. The normalized spacial score (nSPS) is 10.1. The number of methoxy groups -OCH3 is 1. The van der Waals surface area contributed by atoms with Gasteiger partial charge in [-0.1, -0.05) is 0 Å². The summed E-state index contributed by atoms with van der Waals surface area (Å²) < 4.78 is 42.8. The molecule has 1 aromatic rings. The van der Waals surface area contributed by atoms with Gasteiger partial charge in [-0.2, -0.15) is 5.26 Å². The van der Waals surface area contributed by atoms with E-state index in [0.717, 1.165) is 13.3 Å². The van der Waals surface area contributed by atoms with Crippen LogP contribution in [0.15, 0.2) is 6.20 Å². The van der Waals surface area contributed by atoms with Crippen molar-refractivity contribution in [3.8, 4) is 11.8 Å². The Labute approximate surface area is 84.1 Å². The number of ether oxygens (including phenoxy) is 1. The number of hydrogen-bond donors (Lipinski definition) is 0. The molecule has 0 aromatic carbocycles. The molecule has 0 atom stereocenters. The number of alkyl halides is 2. The quantitative estimate of drug-likeness (QED) is 0.778. The van der Waals surface area contributed by atoms with Gasteiger partial charge in [-0.3, -0.25) is 4.98 Å². The average molecular weight is 216 g/mol. The smallest absolute Gasteiger partial charge is 0.268 e. The third-order valence-corrected chi connectivity index (χ3v) is 1.79. The van der Waals surface area contributed by atoms with E-state index in [1.807, 2.05) is 0 Å². The first-order valence-electron chi connectivity index (χ1n) is 3.98. The molecule has 1 rings (SSSR count). The molecular weight excluding hydrogens is 209 g/mol. The van der Waals surface area contributed by atoms with Gasteiger partial charge >= 0.3 is 0 Å². The lowest BCUT2D eigenvalue weighted by Gasteiger charge is -2.09. The topological polar surface area (TPSA) is 45.9 Å². The van der Waals surface area contributed by atoms with Gasteiger partial charge in [0.25, 0.3) is 6.43 Å². The van der Waals surface area contributed by atoms with E-state index in [0.29, 0.717) is 0 Å². The van der Waals surface area contributed by atoms with Gasteiger partial charge in [0, 0.05) is 0 Å². The molecule has 3 nitrogen and oxygen atoms in total. The highest BCUT2D eigenvalue weighted by molar-refractivity contribution is 5.34. The van der Waals surface area contributed by atoms with Crippen LogP contribution in [0.3, 0.4) is 0 Å². The summed E-state index contributed by atoms with van der Waals surface area (Å²) in [4.78, 5) is 3.55. The van der Waals surface area contributed by atoms with E-state index < -0.39 is 17.8 Å². The van der Waals surface area contributed by atoms with E-state index in [4.69, 9.17) is 5.26 Å². The molecular formula is C9H7F3N2O. The van der Waals surface area contributed by atoms with Crippen molar-refractivity contribution < 1.29 is 17.9 Å². The van der Waals surface area contributed by atoms with Gasteiger partial charge in [-0.15, -0.1) is 0 Å². The van der Waals surface area contributed by atoms with Crippen LogP contribution in [0.1, 0.15) is 17.7 Å². The molecule has 0 aliphatic rings. The lowest BCUT2D eigenvalue weighted by molar-refractivity contribution is 0.143. The molecule has 0 aliphatic heterocycles. The highest BCUT2D eigenvalue weighted by Crippen LogP contribution is 2.30. The number of nitrogens with zero attached hydrogens (tertiary/aromatic N) is 2. The van der Waals surface area contributed by atoms with Gasteiger partial charge in [0.2, 0.25) is 0 Å². The van der Waals surface area contributed by atoms with Gasteiger partial charge in [0.15, 0.2) is 11.6 Å². The predicted octanol–water partition coefficient (Wildman–Crippen LogP) is 2.23. The largest absolute Gasteiger partial charge is 0.492 e. The second-order valence-corrected chi connectivity index (χ2v) is 2.64. The Bertz CT molecular complexity index is 401. The minimum Gasteiger partial charge on any atom is -0.492 e. The second kappa shape index (κ2) is 4.64. The number of pyridine rings is 1. The maximum absolute atomic E-state index is 13.4. The van der Waals surface area contributed by atoms with Crippen molar-refractivity contribution in [3.63, 3.8) is 0 Å². The summed E-state index contributed by atoms with van der Waals surface area (Å²) in [5.74, 6) is -1.51. The fourth-order valence-corrected chi connectivity index (χ4v) is 1.10. The Balaban J connectivity index is 3.32. The van der Waals surface area contributed by atoms with Crippen molar-refractivity contribution in [2.24, 2.45) is 0 Å². The van der Waals surface area contributed by atoms with Crippen molar-refractivity contribution in [3.05, 3.63) is 23.3 Å². The van der Waals surface area contributed by atoms with Crippen molar-refractivity contribution >= 4 is 0 Å². The Morgan fingerprint density at radius 1 is 1.60 bits per heavy atom. The lowest BCUT2D eigenvalue weighted by atomic mass is 10.1. The van der Waals surface area contributed by atoms with Gasteiger partial charge in [-0.25, -0.2) is 13.2 Å². The molecule has 80 valence electrons. The SMILES string of the molecule is COc1cnc(CC#N)c(C(F)F)c1F. The monoisotopic (exact) mass is 216 g/mol. The van der Waals surface area contributed by atoms with Crippen LogP contribution in [-0.4, -0.2) is 12.1 Å². The van der Waals surface area contributed by atoms with Crippen molar-refractivity contribution in [1.29, 1.82) is 5.26 Å². The predicted molar refractivity (Wildman–Crippen MR) is 45.0 cm³/mol. The fraction of sp³-hybridized carbons (Fsp3) is 0.333. The zero-order valence-electron chi connectivity index (χ0n) is 7.80. The van der Waals surface area contributed by atoms with Crippen molar-refractivity contribution in [2.45, 2.75) is 12.8 Å². The van der Waals surface area contributed by atoms with E-state index in [2.05, 4.69) is 9.72 Å². The first-order valence-corrected chi connectivity index (χ1v) is 3.98. The molecule has 0 saturated carbocycles. The van der Waals surface area contributed by atoms with Crippen LogP contribution in [0.2, 0.25) is 0 Å². The first-order chi connectivity index (χ1) is 7.11. The molecule has 1 heterocycles. The Kier molecular flexibility index (Phi) is 3.50. The van der Waals surface area contributed by atoms with E-state index >= 15 is 0 Å². The molecule has 0 fully saturated rings. The molecule has 0 amide bonds. The van der Waals surface area contributed by atoms with Gasteiger partial charge in [0.1, 0.15) is 0 Å². The first kappa shape index (κ1) is 11.3. The van der Waals surface area contributed by atoms with Crippen LogP contribution in [-0.2, 0) is 6.42 Å². The summed E-state index contributed by atoms with van der Waals surface area (Å²) >= 11 is 0. The third kappa shape index (κ3) is 2.18. The van der Waals surface area contributed by atoms with Crippen LogP contribution in [0.5, 0.6) is 5.75 Å².